The average Bonchev–Trinajstić information content (AvgIpc) is 2.87. The summed E-state index contributed by atoms with van der Waals surface area (Å²) in [6.45, 7) is 6.31. The maximum atomic E-state index is 13.6. The summed E-state index contributed by atoms with van der Waals surface area (Å²) < 4.78 is 5.88. The van der Waals surface area contributed by atoms with Gasteiger partial charge >= 0.3 is 0 Å². The summed E-state index contributed by atoms with van der Waals surface area (Å²) in [7, 11) is 0. The standard InChI is InChI=1S/C29H32Cl2N2O3/c1-4-13-32-29(35)26(17-22-9-6-5-7-10-22)33(18-23-11-8-12-24(30)16-23)27(34)19-36-25-14-20(2)28(31)21(3)15-25/h5-12,14-16,26H,4,13,17-19H2,1-3H3,(H,32,35)/t26-/m1/s1. The number of nitrogens with one attached hydrogen (secondary N) is 1. The average molecular weight is 527 g/mol. The second kappa shape index (κ2) is 13.3. The van der Waals surface area contributed by atoms with Gasteiger partial charge < -0.3 is 15.0 Å². The van der Waals surface area contributed by atoms with Gasteiger partial charge in [0.25, 0.3) is 5.91 Å². The van der Waals surface area contributed by atoms with Gasteiger partial charge in [-0.3, -0.25) is 9.59 Å². The topological polar surface area (TPSA) is 58.6 Å². The van der Waals surface area contributed by atoms with E-state index in [-0.39, 0.29) is 25.0 Å². The van der Waals surface area contributed by atoms with Crippen LogP contribution < -0.4 is 10.1 Å². The third-order valence-electron chi connectivity index (χ3n) is 5.83. The largest absolute Gasteiger partial charge is 0.484 e. The molecule has 3 aromatic rings. The minimum absolute atomic E-state index is 0.200. The first kappa shape index (κ1) is 27.6. The zero-order valence-corrected chi connectivity index (χ0v) is 22.4. The van der Waals surface area contributed by atoms with E-state index in [1.807, 2.05) is 63.2 Å². The minimum atomic E-state index is -0.720. The number of hydrogen-bond acceptors (Lipinski definition) is 3. The second-order valence-electron chi connectivity index (χ2n) is 8.81. The first-order valence-electron chi connectivity index (χ1n) is 12.0. The minimum Gasteiger partial charge on any atom is -0.484 e. The molecule has 2 amide bonds. The van der Waals surface area contributed by atoms with Gasteiger partial charge in [-0.1, -0.05) is 72.6 Å². The van der Waals surface area contributed by atoms with E-state index in [0.29, 0.717) is 28.8 Å². The fraction of sp³-hybridized carbons (Fsp3) is 0.310. The predicted molar refractivity (Wildman–Crippen MR) is 146 cm³/mol. The van der Waals surface area contributed by atoms with E-state index in [9.17, 15) is 9.59 Å². The number of amides is 2. The maximum absolute atomic E-state index is 13.6. The summed E-state index contributed by atoms with van der Waals surface area (Å²) >= 11 is 12.5. The van der Waals surface area contributed by atoms with Crippen LogP contribution in [0.1, 0.15) is 35.6 Å². The molecule has 0 aliphatic carbocycles. The second-order valence-corrected chi connectivity index (χ2v) is 9.62. The molecule has 190 valence electrons. The molecule has 3 aromatic carbocycles. The van der Waals surface area contributed by atoms with Crippen LogP contribution in [-0.2, 0) is 22.6 Å². The number of carbonyl (C=O) groups excluding carboxylic acids is 2. The fourth-order valence-corrected chi connectivity index (χ4v) is 4.29. The van der Waals surface area contributed by atoms with Crippen LogP contribution in [0.2, 0.25) is 10.0 Å². The number of aryl methyl sites for hydroxylation is 2. The third-order valence-corrected chi connectivity index (χ3v) is 6.67. The molecule has 0 aliphatic rings. The van der Waals surface area contributed by atoms with E-state index in [4.69, 9.17) is 27.9 Å². The first-order chi connectivity index (χ1) is 17.3. The summed E-state index contributed by atoms with van der Waals surface area (Å²) in [6, 6.07) is 19.9. The van der Waals surface area contributed by atoms with Crippen molar-refractivity contribution in [3.63, 3.8) is 0 Å². The Bertz CT molecular complexity index is 1160. The Morgan fingerprint density at radius 1 is 0.944 bits per heavy atom. The highest BCUT2D eigenvalue weighted by atomic mass is 35.5. The predicted octanol–water partition coefficient (Wildman–Crippen LogP) is 6.16. The van der Waals surface area contributed by atoms with E-state index < -0.39 is 6.04 Å². The van der Waals surface area contributed by atoms with Crippen molar-refractivity contribution in [1.29, 1.82) is 0 Å². The van der Waals surface area contributed by atoms with Crippen molar-refractivity contribution in [2.75, 3.05) is 13.2 Å². The molecular weight excluding hydrogens is 495 g/mol. The molecule has 1 atom stereocenters. The van der Waals surface area contributed by atoms with Gasteiger partial charge in [-0.15, -0.1) is 0 Å². The highest BCUT2D eigenvalue weighted by Gasteiger charge is 2.30. The molecule has 0 heterocycles. The van der Waals surface area contributed by atoms with Gasteiger partial charge in [-0.05, 0) is 66.8 Å². The molecule has 0 spiro atoms. The monoisotopic (exact) mass is 526 g/mol. The van der Waals surface area contributed by atoms with E-state index in [0.717, 1.165) is 28.7 Å². The van der Waals surface area contributed by atoms with Crippen LogP contribution in [0.25, 0.3) is 0 Å². The molecule has 0 saturated carbocycles. The van der Waals surface area contributed by atoms with Gasteiger partial charge in [0.1, 0.15) is 11.8 Å². The van der Waals surface area contributed by atoms with Gasteiger partial charge in [-0.2, -0.15) is 0 Å². The molecule has 0 fully saturated rings. The Kier molecular flexibility index (Phi) is 10.2. The summed E-state index contributed by atoms with van der Waals surface area (Å²) in [6.07, 6.45) is 1.17. The van der Waals surface area contributed by atoms with Crippen LogP contribution in [0.15, 0.2) is 66.7 Å². The highest BCUT2D eigenvalue weighted by Crippen LogP contribution is 2.26. The summed E-state index contributed by atoms with van der Waals surface area (Å²) in [5.41, 5.74) is 3.53. The number of benzene rings is 3. The Balaban J connectivity index is 1.91. The molecule has 0 aromatic heterocycles. The smallest absolute Gasteiger partial charge is 0.261 e. The molecular formula is C29H32Cl2N2O3. The summed E-state index contributed by atoms with van der Waals surface area (Å²) in [5.74, 6) is 0.0579. The lowest BCUT2D eigenvalue weighted by Crippen LogP contribution is -2.51. The third kappa shape index (κ3) is 7.74. The molecule has 36 heavy (non-hydrogen) atoms. The van der Waals surface area contributed by atoms with Gasteiger partial charge in [0, 0.05) is 29.6 Å². The van der Waals surface area contributed by atoms with Crippen molar-refractivity contribution >= 4 is 35.0 Å². The van der Waals surface area contributed by atoms with Crippen LogP contribution in [0.3, 0.4) is 0 Å². The summed E-state index contributed by atoms with van der Waals surface area (Å²) in [4.78, 5) is 28.5. The molecule has 0 aliphatic heterocycles. The molecule has 3 rings (SSSR count). The SMILES string of the molecule is CCCNC(=O)[C@@H](Cc1ccccc1)N(Cc1cccc(Cl)c1)C(=O)COc1cc(C)c(Cl)c(C)c1. The Labute approximate surface area is 223 Å². The highest BCUT2D eigenvalue weighted by molar-refractivity contribution is 6.32. The fourth-order valence-electron chi connectivity index (χ4n) is 3.97. The molecule has 1 N–H and O–H groups in total. The zero-order chi connectivity index (χ0) is 26.1. The van der Waals surface area contributed by atoms with Crippen LogP contribution in [0, 0.1) is 13.8 Å². The van der Waals surface area contributed by atoms with Gasteiger partial charge in [0.05, 0.1) is 0 Å². The summed E-state index contributed by atoms with van der Waals surface area (Å²) in [5, 5.41) is 4.21. The maximum Gasteiger partial charge on any atom is 0.261 e. The number of ether oxygens (including phenoxy) is 1. The normalized spacial score (nSPS) is 11.6. The number of halogens is 2. The number of hydrogen-bond donors (Lipinski definition) is 1. The molecule has 0 unspecified atom stereocenters. The van der Waals surface area contributed by atoms with E-state index >= 15 is 0 Å². The van der Waals surface area contributed by atoms with E-state index in [1.54, 1.807) is 29.2 Å². The van der Waals surface area contributed by atoms with Crippen molar-refractivity contribution < 1.29 is 14.3 Å². The Hall–Kier alpha value is -3.02. The van der Waals surface area contributed by atoms with Crippen LogP contribution in [-0.4, -0.2) is 35.9 Å². The Morgan fingerprint density at radius 3 is 2.25 bits per heavy atom. The van der Waals surface area contributed by atoms with Gasteiger partial charge in [0.15, 0.2) is 6.61 Å². The van der Waals surface area contributed by atoms with Crippen LogP contribution in [0.5, 0.6) is 5.75 Å². The van der Waals surface area contributed by atoms with Gasteiger partial charge in [-0.25, -0.2) is 0 Å². The lowest BCUT2D eigenvalue weighted by molar-refractivity contribution is -0.142. The first-order valence-corrected chi connectivity index (χ1v) is 12.8. The van der Waals surface area contributed by atoms with E-state index in [1.165, 1.54) is 0 Å². The zero-order valence-electron chi connectivity index (χ0n) is 20.9. The molecule has 0 radical (unpaired) electrons. The van der Waals surface area contributed by atoms with Crippen molar-refractivity contribution in [1.82, 2.24) is 10.2 Å². The van der Waals surface area contributed by atoms with Crippen LogP contribution in [0.4, 0.5) is 0 Å². The number of nitrogens with zero attached hydrogens (tertiary/aromatic N) is 1. The Morgan fingerprint density at radius 2 is 1.61 bits per heavy atom. The molecule has 0 saturated heterocycles. The van der Waals surface area contributed by atoms with E-state index in [2.05, 4.69) is 5.32 Å². The van der Waals surface area contributed by atoms with Crippen molar-refractivity contribution in [2.45, 2.75) is 46.2 Å². The van der Waals surface area contributed by atoms with Crippen LogP contribution >= 0.6 is 23.2 Å². The number of rotatable bonds is 11. The molecule has 0 bridgehead atoms. The quantitative estimate of drug-likeness (QED) is 0.325. The molecule has 5 nitrogen and oxygen atoms in total. The van der Waals surface area contributed by atoms with Crippen molar-refractivity contribution in [3.8, 4) is 5.75 Å². The van der Waals surface area contributed by atoms with Crippen molar-refractivity contribution in [2.24, 2.45) is 0 Å². The van der Waals surface area contributed by atoms with Crippen molar-refractivity contribution in [3.05, 3.63) is 99.0 Å². The lowest BCUT2D eigenvalue weighted by atomic mass is 10.0. The molecule has 7 heteroatoms. The lowest BCUT2D eigenvalue weighted by Gasteiger charge is -2.31. The number of carbonyl (C=O) groups is 2. The van der Waals surface area contributed by atoms with Gasteiger partial charge in [0.2, 0.25) is 5.91 Å².